The number of halogens is 1. The quantitative estimate of drug-likeness (QED) is 0.0746. The highest BCUT2D eigenvalue weighted by Gasteiger charge is 2.16. The Balaban J connectivity index is 0.000000220. The summed E-state index contributed by atoms with van der Waals surface area (Å²) < 4.78 is 1.29. The van der Waals surface area contributed by atoms with Crippen LogP contribution in [0.3, 0.4) is 0 Å². The van der Waals surface area contributed by atoms with Crippen LogP contribution in [0.25, 0.3) is 109 Å². The molecule has 0 unspecified atom stereocenters. The minimum Gasteiger partial charge on any atom is -0.399 e. The standard InChI is InChI=1S/C46H31N.C18H15N.C14H9I.CH4.B4.4H2/c1-2-8-32(9-3-1)33-14-16-34(17-15-33)35-22-24-40(25-23-35)47(41-26-28-45-38(30-41)20-18-36-10-4-6-12-43(36)45)42-27-29-46-39(31-42)21-19-37-11-5-7-13-44(37)46;19-18-12-10-17(11-13-18)16-8-6-15(7-9-16)14-4-2-1-3-5-14;15-12-7-8-14-11(9-12)6-5-10-3-1-2-4-13(10)14;;1-4(2)3;;;;/h1-31H;1-13H,19H2;1-9H;1H4;;4*1H. The van der Waals surface area contributed by atoms with Gasteiger partial charge >= 0.3 is 0 Å². The molecular weight excluding hydrogens is 1150 g/mol. The van der Waals surface area contributed by atoms with E-state index in [0.717, 1.165) is 22.7 Å². The summed E-state index contributed by atoms with van der Waals surface area (Å²) in [5.74, 6) is 0. The van der Waals surface area contributed by atoms with E-state index in [9.17, 15) is 0 Å². The van der Waals surface area contributed by atoms with Crippen LogP contribution in [0, 0.1) is 3.57 Å². The molecule has 2 N–H and O–H groups in total. The number of hydrogen-bond acceptors (Lipinski definition) is 2. The molecule has 0 aromatic heterocycles. The van der Waals surface area contributed by atoms with E-state index in [1.165, 1.54) is 113 Å². The molecule has 0 spiro atoms. The number of fused-ring (bicyclic) bond motifs is 9. The van der Waals surface area contributed by atoms with Crippen LogP contribution >= 0.6 is 22.6 Å². The molecule has 0 aliphatic carbocycles. The third kappa shape index (κ3) is 13.4. The molecule has 0 amide bonds. The molecule has 0 heterocycles. The van der Waals surface area contributed by atoms with Crippen molar-refractivity contribution in [2.45, 2.75) is 7.43 Å². The van der Waals surface area contributed by atoms with Crippen molar-refractivity contribution in [3.8, 4) is 44.5 Å². The number of benzene rings is 15. The van der Waals surface area contributed by atoms with Gasteiger partial charge in [0.2, 0.25) is 0 Å². The van der Waals surface area contributed by atoms with Crippen molar-refractivity contribution in [2.75, 3.05) is 10.6 Å². The number of rotatable bonds is 7. The summed E-state index contributed by atoms with van der Waals surface area (Å²) in [6.07, 6.45) is -0.667. The Morgan fingerprint density at radius 1 is 0.267 bits per heavy atom. The highest BCUT2D eigenvalue weighted by atomic mass is 127. The third-order valence-electron chi connectivity index (χ3n) is 15.4. The van der Waals surface area contributed by atoms with Gasteiger partial charge in [0.1, 0.15) is 0 Å². The number of nitrogen functional groups attached to an aromatic ring is 1. The van der Waals surface area contributed by atoms with Gasteiger partial charge in [-0.1, -0.05) is 268 Å². The van der Waals surface area contributed by atoms with Gasteiger partial charge in [0.25, 0.3) is 0 Å². The summed E-state index contributed by atoms with van der Waals surface area (Å²) in [5, 5.41) is 15.4. The number of hydrogen-bond donors (Lipinski definition) is 1. The molecule has 15 aromatic carbocycles. The summed E-state index contributed by atoms with van der Waals surface area (Å²) in [6.45, 7) is 0. The average Bonchev–Trinajstić information content (AvgIpc) is 0.983. The lowest BCUT2D eigenvalue weighted by Crippen LogP contribution is -2.11. The van der Waals surface area contributed by atoms with Crippen molar-refractivity contribution >= 4 is 140 Å². The van der Waals surface area contributed by atoms with Gasteiger partial charge in [0.15, 0.2) is 0 Å². The summed E-state index contributed by atoms with van der Waals surface area (Å²) in [7, 11) is 14.0. The average molecular weight is 1210 g/mol. The van der Waals surface area contributed by atoms with Crippen molar-refractivity contribution in [3.63, 3.8) is 0 Å². The van der Waals surface area contributed by atoms with Gasteiger partial charge < -0.3 is 10.6 Å². The monoisotopic (exact) mass is 1210 g/mol. The fraction of sp³-hybridized carbons (Fsp3) is 0.0127. The second kappa shape index (κ2) is 27.0. The van der Waals surface area contributed by atoms with Crippen molar-refractivity contribution in [1.82, 2.24) is 0 Å². The van der Waals surface area contributed by atoms with E-state index < -0.39 is 6.39 Å². The number of anilines is 4. The molecule has 0 saturated heterocycles. The van der Waals surface area contributed by atoms with Gasteiger partial charge in [0.05, 0.1) is 0 Å². The van der Waals surface area contributed by atoms with Crippen LogP contribution in [0.1, 0.15) is 13.1 Å². The smallest absolute Gasteiger partial charge is 0.0468 e. The SMILES string of the molecule is C.Ic1ccc2c(ccc3ccccc32)c1.Nc1ccc(-c2ccc(-c3ccccc3)cc2)cc1.[B]B([B])[B].[HH].[HH].[HH].[HH].c1ccc(-c2ccc(-c3ccc(N(c4ccc5c(ccc6ccccc65)c4)c4ccc5c(ccc6ccccc65)c4)cc3)cc2)cc1. The van der Waals surface area contributed by atoms with Gasteiger partial charge in [-0.05, 0) is 192 Å². The molecule has 7 heteroatoms. The first-order chi connectivity index (χ1) is 41.7. The van der Waals surface area contributed by atoms with Crippen LogP contribution in [0.15, 0.2) is 322 Å². The van der Waals surface area contributed by atoms with E-state index >= 15 is 0 Å². The van der Waals surface area contributed by atoms with Crippen molar-refractivity contribution in [2.24, 2.45) is 0 Å². The van der Waals surface area contributed by atoms with Crippen LogP contribution in [-0.2, 0) is 0 Å². The first-order valence-electron chi connectivity index (χ1n) is 28.4. The summed E-state index contributed by atoms with van der Waals surface area (Å²) in [4.78, 5) is 2.38. The lowest BCUT2D eigenvalue weighted by atomic mass is 9.08. The molecule has 2 nitrogen and oxygen atoms in total. The first kappa shape index (κ1) is 58.2. The third-order valence-corrected chi connectivity index (χ3v) is 16.0. The zero-order valence-electron chi connectivity index (χ0n) is 46.8. The van der Waals surface area contributed by atoms with Gasteiger partial charge in [-0.2, -0.15) is 0 Å². The van der Waals surface area contributed by atoms with Crippen LogP contribution in [-0.4, -0.2) is 29.6 Å². The van der Waals surface area contributed by atoms with E-state index in [-0.39, 0.29) is 13.1 Å². The fourth-order valence-corrected chi connectivity index (χ4v) is 11.7. The van der Waals surface area contributed by atoms with Gasteiger partial charge in [-0.3, -0.25) is 0 Å². The van der Waals surface area contributed by atoms with E-state index in [4.69, 9.17) is 5.73 Å². The van der Waals surface area contributed by atoms with Crippen molar-refractivity contribution in [1.29, 1.82) is 0 Å². The van der Waals surface area contributed by atoms with Gasteiger partial charge in [0, 0.05) is 61.6 Å². The Kier molecular flexibility index (Phi) is 18.3. The molecular formula is C79H67B4IN2. The fourth-order valence-electron chi connectivity index (χ4n) is 11.2. The van der Waals surface area contributed by atoms with Crippen LogP contribution in [0.5, 0.6) is 0 Å². The Labute approximate surface area is 529 Å². The molecule has 86 heavy (non-hydrogen) atoms. The lowest BCUT2D eigenvalue weighted by Gasteiger charge is -2.26. The Hall–Kier alpha value is -9.55. The highest BCUT2D eigenvalue weighted by molar-refractivity contribution is 14.1. The molecule has 412 valence electrons. The second-order valence-corrected chi connectivity index (χ2v) is 22.3. The maximum Gasteiger partial charge on any atom is 0.0468 e. The molecule has 15 aromatic rings. The predicted molar refractivity (Wildman–Crippen MR) is 396 cm³/mol. The zero-order chi connectivity index (χ0) is 58.1. The molecule has 6 radical (unpaired) electrons. The maximum atomic E-state index is 5.70. The van der Waals surface area contributed by atoms with Crippen molar-refractivity contribution < 1.29 is 5.71 Å². The Morgan fingerprint density at radius 2 is 0.523 bits per heavy atom. The predicted octanol–water partition coefficient (Wildman–Crippen LogP) is 22.4. The lowest BCUT2D eigenvalue weighted by molar-refractivity contribution is 1.29. The zero-order valence-corrected chi connectivity index (χ0v) is 49.0. The van der Waals surface area contributed by atoms with Gasteiger partial charge in [-0.25, -0.2) is 0 Å². The highest BCUT2D eigenvalue weighted by Crippen LogP contribution is 2.41. The molecule has 0 saturated carbocycles. The minimum atomic E-state index is -0.667. The van der Waals surface area contributed by atoms with E-state index in [1.807, 2.05) is 30.3 Å². The molecule has 0 atom stereocenters. The van der Waals surface area contributed by atoms with E-state index in [1.54, 1.807) is 0 Å². The maximum absolute atomic E-state index is 5.70. The first-order valence-corrected chi connectivity index (χ1v) is 29.5. The molecule has 0 aliphatic rings. The van der Waals surface area contributed by atoms with E-state index in [2.05, 4.69) is 342 Å². The second-order valence-electron chi connectivity index (χ2n) is 21.0. The largest absolute Gasteiger partial charge is 0.399 e. The molecule has 15 rings (SSSR count). The van der Waals surface area contributed by atoms with E-state index in [0.29, 0.717) is 0 Å². The Bertz CT molecular complexity index is 4650. The molecule has 0 bridgehead atoms. The minimum absolute atomic E-state index is 0. The van der Waals surface area contributed by atoms with Crippen LogP contribution in [0.2, 0.25) is 0 Å². The van der Waals surface area contributed by atoms with Crippen molar-refractivity contribution in [3.05, 3.63) is 325 Å². The topological polar surface area (TPSA) is 29.3 Å². The molecule has 0 fully saturated rings. The summed E-state index contributed by atoms with van der Waals surface area (Å²) in [5.41, 5.74) is 19.6. The Morgan fingerprint density at radius 3 is 0.895 bits per heavy atom. The van der Waals surface area contributed by atoms with Crippen LogP contribution < -0.4 is 10.6 Å². The van der Waals surface area contributed by atoms with Gasteiger partial charge in [-0.15, -0.1) is 0 Å². The summed E-state index contributed by atoms with van der Waals surface area (Å²) in [6, 6.07) is 115. The molecule has 0 aliphatic heterocycles. The number of nitrogens with two attached hydrogens (primary N) is 1. The normalized spacial score (nSPS) is 10.7. The van der Waals surface area contributed by atoms with Crippen LogP contribution in [0.4, 0.5) is 22.7 Å². The number of nitrogens with zero attached hydrogens (tertiary/aromatic N) is 1. The summed E-state index contributed by atoms with van der Waals surface area (Å²) >= 11 is 2.35.